The van der Waals surface area contributed by atoms with Gasteiger partial charge in [-0.15, -0.1) is 0 Å². The van der Waals surface area contributed by atoms with Crippen LogP contribution in [0.4, 0.5) is 0 Å². The fourth-order valence-electron chi connectivity index (χ4n) is 3.38. The number of halogens is 1. The molecule has 2 amide bonds. The SMILES string of the molecule is CCNC(=O)[C@@H](Cc1ccccc1)N(Cc1ccccc1)C(=O)COc1ccc(Br)cc1. The zero-order chi connectivity index (χ0) is 22.8. The van der Waals surface area contributed by atoms with Crippen LogP contribution in [0.15, 0.2) is 89.4 Å². The lowest BCUT2D eigenvalue weighted by molar-refractivity contribution is -0.142. The first kappa shape index (κ1) is 23.5. The maximum Gasteiger partial charge on any atom is 0.261 e. The number of hydrogen-bond donors (Lipinski definition) is 1. The Labute approximate surface area is 197 Å². The lowest BCUT2D eigenvalue weighted by Crippen LogP contribution is -2.51. The minimum atomic E-state index is -0.654. The normalized spacial score (nSPS) is 11.4. The van der Waals surface area contributed by atoms with Crippen molar-refractivity contribution in [2.75, 3.05) is 13.2 Å². The quantitative estimate of drug-likeness (QED) is 0.447. The summed E-state index contributed by atoms with van der Waals surface area (Å²) < 4.78 is 6.67. The summed E-state index contributed by atoms with van der Waals surface area (Å²) in [7, 11) is 0. The first-order valence-electron chi connectivity index (χ1n) is 10.6. The smallest absolute Gasteiger partial charge is 0.261 e. The van der Waals surface area contributed by atoms with Crippen molar-refractivity contribution in [3.05, 3.63) is 101 Å². The lowest BCUT2D eigenvalue weighted by atomic mass is 10.0. The number of ether oxygens (including phenoxy) is 1. The van der Waals surface area contributed by atoms with Crippen molar-refractivity contribution in [2.24, 2.45) is 0 Å². The Hall–Kier alpha value is -3.12. The van der Waals surface area contributed by atoms with Gasteiger partial charge in [0.25, 0.3) is 5.91 Å². The zero-order valence-electron chi connectivity index (χ0n) is 18.0. The highest BCUT2D eigenvalue weighted by Gasteiger charge is 2.30. The molecule has 166 valence electrons. The topological polar surface area (TPSA) is 58.6 Å². The fraction of sp³-hybridized carbons (Fsp3) is 0.231. The standard InChI is InChI=1S/C26H27BrN2O3/c1-2-28-26(31)24(17-20-9-5-3-6-10-20)29(18-21-11-7-4-8-12-21)25(30)19-32-23-15-13-22(27)14-16-23/h3-16,24H,2,17-19H2,1H3,(H,28,31)/t24-/m1/s1. The molecule has 0 aromatic heterocycles. The second-order valence-electron chi connectivity index (χ2n) is 7.35. The Morgan fingerprint density at radius 2 is 1.50 bits per heavy atom. The number of carbonyl (C=O) groups is 2. The molecule has 3 aromatic carbocycles. The van der Waals surface area contributed by atoms with Crippen LogP contribution in [0.5, 0.6) is 5.75 Å². The van der Waals surface area contributed by atoms with E-state index in [1.807, 2.05) is 79.7 Å². The van der Waals surface area contributed by atoms with Crippen LogP contribution in [0.1, 0.15) is 18.1 Å². The molecule has 0 aliphatic heterocycles. The predicted octanol–water partition coefficient (Wildman–Crippen LogP) is 4.60. The van der Waals surface area contributed by atoms with Crippen molar-refractivity contribution >= 4 is 27.7 Å². The van der Waals surface area contributed by atoms with Gasteiger partial charge in [-0.25, -0.2) is 0 Å². The zero-order valence-corrected chi connectivity index (χ0v) is 19.6. The number of nitrogens with one attached hydrogen (secondary N) is 1. The van der Waals surface area contributed by atoms with Gasteiger partial charge in [-0.2, -0.15) is 0 Å². The average molecular weight is 495 g/mol. The van der Waals surface area contributed by atoms with Gasteiger partial charge in [0, 0.05) is 24.0 Å². The van der Waals surface area contributed by atoms with E-state index in [1.54, 1.807) is 17.0 Å². The van der Waals surface area contributed by atoms with Crippen LogP contribution >= 0.6 is 15.9 Å². The van der Waals surface area contributed by atoms with Crippen molar-refractivity contribution in [1.29, 1.82) is 0 Å². The van der Waals surface area contributed by atoms with Gasteiger partial charge in [0.1, 0.15) is 11.8 Å². The summed E-state index contributed by atoms with van der Waals surface area (Å²) in [5.41, 5.74) is 1.94. The van der Waals surface area contributed by atoms with Crippen LogP contribution in [0.25, 0.3) is 0 Å². The van der Waals surface area contributed by atoms with Crippen molar-refractivity contribution in [1.82, 2.24) is 10.2 Å². The number of nitrogens with zero attached hydrogens (tertiary/aromatic N) is 1. The first-order valence-corrected chi connectivity index (χ1v) is 11.4. The third-order valence-corrected chi connectivity index (χ3v) is 5.52. The van der Waals surface area contributed by atoms with Gasteiger partial charge in [-0.05, 0) is 42.3 Å². The van der Waals surface area contributed by atoms with Crippen LogP contribution in [-0.2, 0) is 22.6 Å². The molecule has 0 bridgehead atoms. The second kappa shape index (κ2) is 12.1. The van der Waals surface area contributed by atoms with Crippen LogP contribution in [-0.4, -0.2) is 35.9 Å². The van der Waals surface area contributed by atoms with E-state index < -0.39 is 6.04 Å². The highest BCUT2D eigenvalue weighted by Crippen LogP contribution is 2.18. The molecule has 0 saturated carbocycles. The molecule has 0 unspecified atom stereocenters. The highest BCUT2D eigenvalue weighted by molar-refractivity contribution is 9.10. The molecule has 5 nitrogen and oxygen atoms in total. The molecule has 1 N–H and O–H groups in total. The Balaban J connectivity index is 1.85. The Morgan fingerprint density at radius 3 is 2.09 bits per heavy atom. The summed E-state index contributed by atoms with van der Waals surface area (Å²) >= 11 is 3.39. The van der Waals surface area contributed by atoms with E-state index in [-0.39, 0.29) is 18.4 Å². The molecule has 6 heteroatoms. The molecule has 0 heterocycles. The molecule has 0 saturated heterocycles. The maximum absolute atomic E-state index is 13.3. The molecule has 0 spiro atoms. The van der Waals surface area contributed by atoms with E-state index in [4.69, 9.17) is 4.74 Å². The molecule has 0 radical (unpaired) electrons. The summed E-state index contributed by atoms with van der Waals surface area (Å²) in [6.07, 6.45) is 0.420. The molecule has 3 aromatic rings. The number of hydrogen-bond acceptors (Lipinski definition) is 3. The molecule has 1 atom stereocenters. The monoisotopic (exact) mass is 494 g/mol. The van der Waals surface area contributed by atoms with Crippen molar-refractivity contribution in [2.45, 2.75) is 25.9 Å². The van der Waals surface area contributed by atoms with Crippen LogP contribution < -0.4 is 10.1 Å². The van der Waals surface area contributed by atoms with Gasteiger partial charge in [0.05, 0.1) is 0 Å². The minimum Gasteiger partial charge on any atom is -0.484 e. The van der Waals surface area contributed by atoms with Gasteiger partial charge in [0.15, 0.2) is 6.61 Å². The lowest BCUT2D eigenvalue weighted by Gasteiger charge is -2.31. The predicted molar refractivity (Wildman–Crippen MR) is 129 cm³/mol. The van der Waals surface area contributed by atoms with E-state index in [2.05, 4.69) is 21.2 Å². The van der Waals surface area contributed by atoms with Crippen LogP contribution in [0.2, 0.25) is 0 Å². The summed E-state index contributed by atoms with van der Waals surface area (Å²) in [5, 5.41) is 2.89. The molecular formula is C26H27BrN2O3. The van der Waals surface area contributed by atoms with Crippen molar-refractivity contribution in [3.8, 4) is 5.75 Å². The molecular weight excluding hydrogens is 468 g/mol. The molecule has 0 fully saturated rings. The van der Waals surface area contributed by atoms with E-state index >= 15 is 0 Å². The van der Waals surface area contributed by atoms with Gasteiger partial charge in [-0.3, -0.25) is 9.59 Å². The summed E-state index contributed by atoms with van der Waals surface area (Å²) in [4.78, 5) is 28.0. The largest absolute Gasteiger partial charge is 0.484 e. The Bertz CT molecular complexity index is 995. The van der Waals surface area contributed by atoms with Gasteiger partial charge >= 0.3 is 0 Å². The number of benzene rings is 3. The van der Waals surface area contributed by atoms with Gasteiger partial charge in [-0.1, -0.05) is 76.6 Å². The molecule has 0 aliphatic rings. The second-order valence-corrected chi connectivity index (χ2v) is 8.27. The Morgan fingerprint density at radius 1 is 0.906 bits per heavy atom. The fourth-order valence-corrected chi connectivity index (χ4v) is 3.65. The van der Waals surface area contributed by atoms with Crippen molar-refractivity contribution < 1.29 is 14.3 Å². The number of likely N-dealkylation sites (N-methyl/N-ethyl adjacent to an activating group) is 1. The van der Waals surface area contributed by atoms with Gasteiger partial charge in [0.2, 0.25) is 5.91 Å². The number of carbonyl (C=O) groups excluding carboxylic acids is 2. The first-order chi connectivity index (χ1) is 15.6. The van der Waals surface area contributed by atoms with Crippen LogP contribution in [0.3, 0.4) is 0 Å². The summed E-state index contributed by atoms with van der Waals surface area (Å²) in [6, 6.07) is 26.1. The highest BCUT2D eigenvalue weighted by atomic mass is 79.9. The number of amides is 2. The van der Waals surface area contributed by atoms with E-state index in [0.29, 0.717) is 25.3 Å². The Kier molecular flexibility index (Phi) is 8.87. The molecule has 32 heavy (non-hydrogen) atoms. The third kappa shape index (κ3) is 6.95. The minimum absolute atomic E-state index is 0.154. The van der Waals surface area contributed by atoms with E-state index in [9.17, 15) is 9.59 Å². The van der Waals surface area contributed by atoms with E-state index in [1.165, 1.54) is 0 Å². The molecule has 0 aliphatic carbocycles. The third-order valence-electron chi connectivity index (χ3n) is 4.99. The summed E-state index contributed by atoms with van der Waals surface area (Å²) in [6.45, 7) is 2.53. The van der Waals surface area contributed by atoms with E-state index in [0.717, 1.165) is 15.6 Å². The average Bonchev–Trinajstić information content (AvgIpc) is 2.82. The molecule has 3 rings (SSSR count). The summed E-state index contributed by atoms with van der Waals surface area (Å²) in [5.74, 6) is 0.173. The van der Waals surface area contributed by atoms with Gasteiger partial charge < -0.3 is 15.0 Å². The van der Waals surface area contributed by atoms with Crippen LogP contribution in [0, 0.1) is 0 Å². The maximum atomic E-state index is 13.3. The van der Waals surface area contributed by atoms with Crippen molar-refractivity contribution in [3.63, 3.8) is 0 Å². The number of rotatable bonds is 10.